The molecule has 7 nitrogen and oxygen atoms in total. The van der Waals surface area contributed by atoms with Crippen molar-refractivity contribution in [2.75, 3.05) is 33.9 Å². The number of fused-ring (bicyclic) bond motifs is 3. The number of hydrogen-bond donors (Lipinski definition) is 0. The highest BCUT2D eigenvalue weighted by atomic mass is 32.1. The van der Waals surface area contributed by atoms with Gasteiger partial charge < -0.3 is 14.2 Å². The largest absolute Gasteiger partial charge is 0.493 e. The molecule has 3 aromatic heterocycles. The standard InChI is InChI=1S/C26H29N3O4S/c1-6-29(7-2)15-18-24(26(30)33-8-3)22(16-9-10-19(31-4)20(13-16)32-5)23-17-14-27-12-11-21(17)34-25(23)28-18/h9-14H,6-8,15H2,1-5H3. The van der Waals surface area contributed by atoms with Crippen molar-refractivity contribution >= 4 is 37.6 Å². The fourth-order valence-corrected chi connectivity index (χ4v) is 5.25. The Balaban J connectivity index is 2.13. The van der Waals surface area contributed by atoms with E-state index >= 15 is 0 Å². The van der Waals surface area contributed by atoms with Gasteiger partial charge in [-0.1, -0.05) is 19.9 Å². The number of carbonyl (C=O) groups excluding carboxylic acids is 1. The molecular weight excluding hydrogens is 450 g/mol. The molecule has 0 atom stereocenters. The van der Waals surface area contributed by atoms with Gasteiger partial charge in [0.25, 0.3) is 0 Å². The average molecular weight is 480 g/mol. The summed E-state index contributed by atoms with van der Waals surface area (Å²) in [7, 11) is 3.21. The van der Waals surface area contributed by atoms with Gasteiger partial charge in [0.1, 0.15) is 4.83 Å². The van der Waals surface area contributed by atoms with Crippen molar-refractivity contribution in [3.63, 3.8) is 0 Å². The molecule has 0 unspecified atom stereocenters. The second-order valence-electron chi connectivity index (χ2n) is 7.71. The number of thiophene rings is 1. The minimum atomic E-state index is -0.382. The Hall–Kier alpha value is -3.23. The molecule has 0 radical (unpaired) electrons. The second-order valence-corrected chi connectivity index (χ2v) is 8.74. The lowest BCUT2D eigenvalue weighted by Crippen LogP contribution is -2.25. The van der Waals surface area contributed by atoms with E-state index in [4.69, 9.17) is 19.2 Å². The van der Waals surface area contributed by atoms with E-state index in [2.05, 4.69) is 23.7 Å². The minimum absolute atomic E-state index is 0.277. The van der Waals surface area contributed by atoms with Gasteiger partial charge >= 0.3 is 5.97 Å². The first-order valence-electron chi connectivity index (χ1n) is 11.4. The van der Waals surface area contributed by atoms with Crippen LogP contribution in [0.2, 0.25) is 0 Å². The molecule has 178 valence electrons. The molecule has 34 heavy (non-hydrogen) atoms. The summed E-state index contributed by atoms with van der Waals surface area (Å²) < 4.78 is 17.6. The zero-order valence-electron chi connectivity index (χ0n) is 20.2. The predicted molar refractivity (Wildman–Crippen MR) is 136 cm³/mol. The first kappa shape index (κ1) is 23.9. The van der Waals surface area contributed by atoms with Crippen LogP contribution < -0.4 is 9.47 Å². The summed E-state index contributed by atoms with van der Waals surface area (Å²) in [6.07, 6.45) is 3.61. The summed E-state index contributed by atoms with van der Waals surface area (Å²) in [4.78, 5) is 25.9. The van der Waals surface area contributed by atoms with Gasteiger partial charge in [0.05, 0.1) is 32.1 Å². The summed E-state index contributed by atoms with van der Waals surface area (Å²) in [6.45, 7) is 8.54. The zero-order valence-corrected chi connectivity index (χ0v) is 21.0. The fourth-order valence-electron chi connectivity index (χ4n) is 4.17. The molecule has 0 aliphatic carbocycles. The number of methoxy groups -OCH3 is 2. The van der Waals surface area contributed by atoms with Gasteiger partial charge in [0, 0.05) is 40.0 Å². The molecule has 0 N–H and O–H groups in total. The monoisotopic (exact) mass is 479 g/mol. The molecule has 0 bridgehead atoms. The molecule has 4 aromatic rings. The maximum absolute atomic E-state index is 13.4. The van der Waals surface area contributed by atoms with Crippen LogP contribution in [0.15, 0.2) is 36.7 Å². The molecule has 0 aliphatic rings. The van der Waals surface area contributed by atoms with Gasteiger partial charge in [-0.3, -0.25) is 9.88 Å². The number of hydrogen-bond acceptors (Lipinski definition) is 8. The highest BCUT2D eigenvalue weighted by Gasteiger charge is 2.27. The van der Waals surface area contributed by atoms with Gasteiger partial charge in [-0.2, -0.15) is 0 Å². The highest BCUT2D eigenvalue weighted by molar-refractivity contribution is 7.25. The van der Waals surface area contributed by atoms with E-state index in [0.717, 1.165) is 44.5 Å². The first-order chi connectivity index (χ1) is 16.6. The summed E-state index contributed by atoms with van der Waals surface area (Å²) >= 11 is 1.60. The number of carbonyl (C=O) groups is 1. The lowest BCUT2D eigenvalue weighted by molar-refractivity contribution is 0.0524. The third-order valence-corrected chi connectivity index (χ3v) is 6.98. The molecule has 3 heterocycles. The Kier molecular flexibility index (Phi) is 7.29. The fraction of sp³-hybridized carbons (Fsp3) is 0.346. The van der Waals surface area contributed by atoms with Gasteiger partial charge in [-0.25, -0.2) is 9.78 Å². The smallest absolute Gasteiger partial charge is 0.340 e. The van der Waals surface area contributed by atoms with E-state index in [0.29, 0.717) is 29.3 Å². The van der Waals surface area contributed by atoms with Crippen LogP contribution in [0.4, 0.5) is 0 Å². The van der Waals surface area contributed by atoms with Crippen molar-refractivity contribution in [2.24, 2.45) is 0 Å². The Labute approximate surface area is 203 Å². The Bertz CT molecular complexity index is 1330. The molecule has 0 saturated carbocycles. The minimum Gasteiger partial charge on any atom is -0.493 e. The number of ether oxygens (including phenoxy) is 3. The molecule has 0 fully saturated rings. The number of aromatic nitrogens is 2. The zero-order chi connectivity index (χ0) is 24.2. The van der Waals surface area contributed by atoms with Crippen LogP contribution in [0, 0.1) is 0 Å². The molecule has 8 heteroatoms. The topological polar surface area (TPSA) is 73.8 Å². The predicted octanol–water partition coefficient (Wildman–Crippen LogP) is 5.55. The van der Waals surface area contributed by atoms with Crippen LogP contribution in [0.25, 0.3) is 31.4 Å². The summed E-state index contributed by atoms with van der Waals surface area (Å²) in [5, 5.41) is 1.85. The van der Waals surface area contributed by atoms with Crippen molar-refractivity contribution in [1.82, 2.24) is 14.9 Å². The number of benzene rings is 1. The van der Waals surface area contributed by atoms with E-state index in [1.54, 1.807) is 31.8 Å². The summed E-state index contributed by atoms with van der Waals surface area (Å²) in [6, 6.07) is 7.68. The molecule has 4 rings (SSSR count). The summed E-state index contributed by atoms with van der Waals surface area (Å²) in [5.74, 6) is 0.823. The molecule has 1 aromatic carbocycles. The maximum atomic E-state index is 13.4. The van der Waals surface area contributed by atoms with Crippen molar-refractivity contribution < 1.29 is 19.0 Å². The molecule has 0 amide bonds. The van der Waals surface area contributed by atoms with E-state index in [9.17, 15) is 4.79 Å². The van der Waals surface area contributed by atoms with Crippen LogP contribution in [0.1, 0.15) is 36.8 Å². The number of nitrogens with zero attached hydrogens (tertiary/aromatic N) is 3. The van der Waals surface area contributed by atoms with Crippen LogP contribution in [0.5, 0.6) is 11.5 Å². The molecule has 0 spiro atoms. The van der Waals surface area contributed by atoms with Crippen molar-refractivity contribution in [3.05, 3.63) is 47.9 Å². The summed E-state index contributed by atoms with van der Waals surface area (Å²) in [5.41, 5.74) is 2.80. The van der Waals surface area contributed by atoms with Crippen LogP contribution in [-0.4, -0.2) is 54.8 Å². The van der Waals surface area contributed by atoms with Crippen LogP contribution in [0.3, 0.4) is 0 Å². The number of rotatable bonds is 9. The van der Waals surface area contributed by atoms with Gasteiger partial charge in [-0.15, -0.1) is 11.3 Å². The average Bonchev–Trinajstić information content (AvgIpc) is 3.24. The highest BCUT2D eigenvalue weighted by Crippen LogP contribution is 2.44. The molecule has 0 saturated heterocycles. The quantitative estimate of drug-likeness (QED) is 0.292. The van der Waals surface area contributed by atoms with E-state index < -0.39 is 0 Å². The van der Waals surface area contributed by atoms with Crippen molar-refractivity contribution in [3.8, 4) is 22.6 Å². The molecule has 0 aliphatic heterocycles. The SMILES string of the molecule is CCOC(=O)c1c(CN(CC)CC)nc2sc3ccncc3c2c1-c1ccc(OC)c(OC)c1. The van der Waals surface area contributed by atoms with Crippen molar-refractivity contribution in [1.29, 1.82) is 0 Å². The van der Waals surface area contributed by atoms with E-state index in [1.165, 1.54) is 0 Å². The van der Waals surface area contributed by atoms with Crippen LogP contribution in [-0.2, 0) is 11.3 Å². The maximum Gasteiger partial charge on any atom is 0.340 e. The van der Waals surface area contributed by atoms with E-state index in [-0.39, 0.29) is 12.6 Å². The second kappa shape index (κ2) is 10.4. The van der Waals surface area contributed by atoms with E-state index in [1.807, 2.05) is 37.4 Å². The van der Waals surface area contributed by atoms with Crippen LogP contribution >= 0.6 is 11.3 Å². The third kappa shape index (κ3) is 4.31. The van der Waals surface area contributed by atoms with Gasteiger partial charge in [0.15, 0.2) is 11.5 Å². The first-order valence-corrected chi connectivity index (χ1v) is 12.2. The Morgan fingerprint density at radius 2 is 1.82 bits per heavy atom. The Morgan fingerprint density at radius 3 is 2.50 bits per heavy atom. The Morgan fingerprint density at radius 1 is 1.06 bits per heavy atom. The third-order valence-electron chi connectivity index (χ3n) is 5.92. The number of pyridine rings is 2. The van der Waals surface area contributed by atoms with Gasteiger partial charge in [0.2, 0.25) is 0 Å². The number of esters is 1. The lowest BCUT2D eigenvalue weighted by atomic mass is 9.94. The molecular formula is C26H29N3O4S. The lowest BCUT2D eigenvalue weighted by Gasteiger charge is -2.21. The van der Waals surface area contributed by atoms with Crippen molar-refractivity contribution in [2.45, 2.75) is 27.3 Å². The normalized spacial score (nSPS) is 11.4. The van der Waals surface area contributed by atoms with Gasteiger partial charge in [-0.05, 0) is 43.8 Å².